The van der Waals surface area contributed by atoms with E-state index in [9.17, 15) is 9.90 Å². The van der Waals surface area contributed by atoms with E-state index in [-0.39, 0.29) is 12.6 Å². The Kier molecular flexibility index (Phi) is 4.84. The molecule has 2 N–H and O–H groups in total. The molecule has 0 radical (unpaired) electrons. The highest BCUT2D eigenvalue weighted by Crippen LogP contribution is 2.28. The summed E-state index contributed by atoms with van der Waals surface area (Å²) in [7, 11) is 0. The third-order valence-corrected chi connectivity index (χ3v) is 4.74. The lowest BCUT2D eigenvalue weighted by Crippen LogP contribution is -2.22. The first-order chi connectivity index (χ1) is 13.5. The van der Waals surface area contributed by atoms with E-state index in [0.717, 1.165) is 22.3 Å². The first kappa shape index (κ1) is 18.2. The van der Waals surface area contributed by atoms with E-state index in [2.05, 4.69) is 25.4 Å². The molecule has 144 valence electrons. The van der Waals surface area contributed by atoms with Crippen molar-refractivity contribution in [3.8, 4) is 5.95 Å². The Morgan fingerprint density at radius 3 is 2.75 bits per heavy atom. The molecule has 28 heavy (non-hydrogen) atoms. The Morgan fingerprint density at radius 2 is 2.04 bits per heavy atom. The van der Waals surface area contributed by atoms with E-state index in [1.165, 1.54) is 4.68 Å². The zero-order valence-corrected chi connectivity index (χ0v) is 15.6. The number of esters is 1. The summed E-state index contributed by atoms with van der Waals surface area (Å²) in [5.41, 5.74) is 4.01. The number of nitrogens with zero attached hydrogens (tertiary/aromatic N) is 5. The summed E-state index contributed by atoms with van der Waals surface area (Å²) in [6.45, 7) is 4.84. The van der Waals surface area contributed by atoms with Crippen molar-refractivity contribution in [3.05, 3.63) is 64.5 Å². The Labute approximate surface area is 161 Å². The molecule has 0 saturated carbocycles. The van der Waals surface area contributed by atoms with Crippen LogP contribution in [0.2, 0.25) is 0 Å². The van der Waals surface area contributed by atoms with Crippen molar-refractivity contribution in [1.29, 1.82) is 0 Å². The van der Waals surface area contributed by atoms with E-state index in [4.69, 9.17) is 4.74 Å². The molecule has 0 amide bonds. The average molecular weight is 380 g/mol. The second kappa shape index (κ2) is 7.45. The predicted octanol–water partition coefficient (Wildman–Crippen LogP) is 1.17. The number of carbonyl (C=O) groups excluding carboxylic acids is 1. The maximum atomic E-state index is 11.6. The molecule has 9 heteroatoms. The van der Waals surface area contributed by atoms with Crippen molar-refractivity contribution in [2.24, 2.45) is 0 Å². The Bertz CT molecular complexity index is 1020. The molecule has 1 aromatic carbocycles. The van der Waals surface area contributed by atoms with Gasteiger partial charge in [-0.15, -0.1) is 5.10 Å². The third-order valence-electron chi connectivity index (χ3n) is 4.74. The zero-order chi connectivity index (χ0) is 19.7. The number of hydrogen-bond acceptors (Lipinski definition) is 8. The maximum Gasteiger partial charge on any atom is 0.338 e. The van der Waals surface area contributed by atoms with Crippen LogP contribution in [0.5, 0.6) is 0 Å². The Balaban J connectivity index is 1.36. The average Bonchev–Trinajstić information content (AvgIpc) is 3.29. The minimum absolute atomic E-state index is 0.267. The molecule has 3 heterocycles. The minimum atomic E-state index is -0.695. The molecule has 1 aliphatic heterocycles. The highest BCUT2D eigenvalue weighted by molar-refractivity contribution is 5.93. The van der Waals surface area contributed by atoms with Gasteiger partial charge < -0.3 is 15.2 Å². The first-order valence-electron chi connectivity index (χ1n) is 8.91. The van der Waals surface area contributed by atoms with E-state index < -0.39 is 6.10 Å². The summed E-state index contributed by atoms with van der Waals surface area (Å²) in [6.07, 6.45) is 4.29. The van der Waals surface area contributed by atoms with Crippen LogP contribution in [0.25, 0.3) is 5.95 Å². The smallest absolute Gasteiger partial charge is 0.338 e. The zero-order valence-electron chi connectivity index (χ0n) is 15.6. The van der Waals surface area contributed by atoms with Crippen molar-refractivity contribution in [2.45, 2.75) is 33.1 Å². The van der Waals surface area contributed by atoms with Gasteiger partial charge in [0.2, 0.25) is 0 Å². The van der Waals surface area contributed by atoms with Crippen LogP contribution in [0.1, 0.15) is 44.5 Å². The molecule has 1 unspecified atom stereocenters. The topological polar surface area (TPSA) is 115 Å². The third kappa shape index (κ3) is 3.49. The van der Waals surface area contributed by atoms with Crippen LogP contribution in [-0.2, 0) is 17.9 Å². The number of fused-ring (bicyclic) bond motifs is 1. The number of aromatic nitrogens is 5. The normalized spacial score (nSPS) is 14.0. The largest absolute Gasteiger partial charge is 0.457 e. The van der Waals surface area contributed by atoms with Gasteiger partial charge in [0.25, 0.3) is 5.95 Å². The number of rotatable bonds is 6. The molecular formula is C19H20N6O3. The number of ether oxygens (including phenoxy) is 1. The molecule has 1 atom stereocenters. The lowest BCUT2D eigenvalue weighted by Gasteiger charge is -2.16. The number of benzene rings is 1. The lowest BCUT2D eigenvalue weighted by molar-refractivity contribution is 0.0535. The van der Waals surface area contributed by atoms with Gasteiger partial charge in [-0.25, -0.2) is 19.7 Å². The number of aliphatic hydroxyl groups excluding tert-OH is 1. The van der Waals surface area contributed by atoms with Gasteiger partial charge in [-0.2, -0.15) is 4.68 Å². The molecule has 0 saturated heterocycles. The van der Waals surface area contributed by atoms with Crippen molar-refractivity contribution >= 4 is 5.97 Å². The molecule has 3 aromatic rings. The van der Waals surface area contributed by atoms with Crippen LogP contribution >= 0.6 is 0 Å². The van der Waals surface area contributed by atoms with Crippen molar-refractivity contribution < 1.29 is 14.6 Å². The Morgan fingerprint density at radius 1 is 1.25 bits per heavy atom. The fourth-order valence-corrected chi connectivity index (χ4v) is 3.19. The van der Waals surface area contributed by atoms with Crippen LogP contribution in [0.3, 0.4) is 0 Å². The highest BCUT2D eigenvalue weighted by Gasteiger charge is 2.25. The molecule has 9 nitrogen and oxygen atoms in total. The quantitative estimate of drug-likeness (QED) is 0.613. The van der Waals surface area contributed by atoms with Gasteiger partial charge in [-0.3, -0.25) is 0 Å². The summed E-state index contributed by atoms with van der Waals surface area (Å²) >= 11 is 0. The summed E-state index contributed by atoms with van der Waals surface area (Å²) in [5.74, 6) is 0.804. The van der Waals surface area contributed by atoms with Crippen LogP contribution in [-0.4, -0.2) is 42.4 Å². The Hall–Kier alpha value is -3.17. The molecule has 4 rings (SSSR count). The molecule has 0 bridgehead atoms. The van der Waals surface area contributed by atoms with Crippen molar-refractivity contribution in [1.82, 2.24) is 30.0 Å². The number of carbonyl (C=O) groups is 1. The molecule has 2 aromatic heterocycles. The fourth-order valence-electron chi connectivity index (χ4n) is 3.19. The first-order valence-corrected chi connectivity index (χ1v) is 8.91. The lowest BCUT2D eigenvalue weighted by atomic mass is 9.95. The van der Waals surface area contributed by atoms with Crippen LogP contribution in [0.4, 0.5) is 0 Å². The van der Waals surface area contributed by atoms with Gasteiger partial charge >= 0.3 is 5.97 Å². The van der Waals surface area contributed by atoms with E-state index >= 15 is 0 Å². The standard InChI is InChI=1S/C19H20N6O3/c1-11-14(3-4-15-16(11)9-28-18(15)27)17(26)8-20-5-13-6-21-19(22-7-13)25-10-23-12(2)24-25/h3-4,6-7,10,17,20,26H,5,8-9H2,1-2H3. The van der Waals surface area contributed by atoms with Gasteiger partial charge in [-0.1, -0.05) is 6.07 Å². The summed E-state index contributed by atoms with van der Waals surface area (Å²) in [6, 6.07) is 3.50. The minimum Gasteiger partial charge on any atom is -0.457 e. The van der Waals surface area contributed by atoms with Gasteiger partial charge in [0, 0.05) is 36.6 Å². The summed E-state index contributed by atoms with van der Waals surface area (Å²) < 4.78 is 6.58. The van der Waals surface area contributed by atoms with Gasteiger partial charge in [0.1, 0.15) is 18.8 Å². The number of hydrogen-bond donors (Lipinski definition) is 2. The van der Waals surface area contributed by atoms with Crippen molar-refractivity contribution in [2.75, 3.05) is 6.54 Å². The summed E-state index contributed by atoms with van der Waals surface area (Å²) in [5, 5.41) is 17.9. The number of aliphatic hydroxyl groups is 1. The number of cyclic esters (lactones) is 1. The van der Waals surface area contributed by atoms with E-state index in [1.54, 1.807) is 37.8 Å². The number of nitrogens with one attached hydrogen (secondary N) is 1. The summed E-state index contributed by atoms with van der Waals surface area (Å²) in [4.78, 5) is 24.2. The molecule has 0 spiro atoms. The maximum absolute atomic E-state index is 11.6. The highest BCUT2D eigenvalue weighted by atomic mass is 16.5. The van der Waals surface area contributed by atoms with Gasteiger partial charge in [0.15, 0.2) is 0 Å². The SMILES string of the molecule is Cc1ncn(-c2ncc(CNCC(O)c3ccc4c(c3C)COC4=O)cn2)n1. The fraction of sp³-hybridized carbons (Fsp3) is 0.316. The van der Waals surface area contributed by atoms with Crippen molar-refractivity contribution in [3.63, 3.8) is 0 Å². The van der Waals surface area contributed by atoms with E-state index in [1.807, 2.05) is 6.92 Å². The van der Waals surface area contributed by atoms with E-state index in [0.29, 0.717) is 30.4 Å². The second-order valence-electron chi connectivity index (χ2n) is 6.66. The molecule has 0 aliphatic carbocycles. The monoisotopic (exact) mass is 380 g/mol. The molecular weight excluding hydrogens is 360 g/mol. The van der Waals surface area contributed by atoms with Crippen LogP contribution < -0.4 is 5.32 Å². The number of aryl methyl sites for hydroxylation is 1. The second-order valence-corrected chi connectivity index (χ2v) is 6.66. The van der Waals surface area contributed by atoms with Crippen LogP contribution in [0, 0.1) is 13.8 Å². The van der Waals surface area contributed by atoms with Gasteiger partial charge in [-0.05, 0) is 31.0 Å². The van der Waals surface area contributed by atoms with Gasteiger partial charge in [0.05, 0.1) is 11.7 Å². The molecule has 0 fully saturated rings. The van der Waals surface area contributed by atoms with Crippen LogP contribution in [0.15, 0.2) is 30.9 Å². The predicted molar refractivity (Wildman–Crippen MR) is 98.7 cm³/mol. The molecule has 1 aliphatic rings.